The lowest BCUT2D eigenvalue weighted by Crippen LogP contribution is -2.44. The molecule has 3 heterocycles. The quantitative estimate of drug-likeness (QED) is 0.815. The Kier molecular flexibility index (Phi) is 6.28. The van der Waals surface area contributed by atoms with E-state index in [0.717, 1.165) is 52.1 Å². The van der Waals surface area contributed by atoms with Crippen LogP contribution in [0.3, 0.4) is 0 Å². The molecule has 158 valence electrons. The summed E-state index contributed by atoms with van der Waals surface area (Å²) >= 11 is 0. The van der Waals surface area contributed by atoms with Gasteiger partial charge in [-0.15, -0.1) is 0 Å². The highest BCUT2D eigenvalue weighted by atomic mass is 16.2. The second-order valence-corrected chi connectivity index (χ2v) is 8.13. The fourth-order valence-electron chi connectivity index (χ4n) is 3.97. The van der Waals surface area contributed by atoms with Gasteiger partial charge in [0.2, 0.25) is 0 Å². The van der Waals surface area contributed by atoms with Crippen molar-refractivity contribution in [2.75, 3.05) is 49.5 Å². The molecule has 2 N–H and O–H groups in total. The van der Waals surface area contributed by atoms with Crippen molar-refractivity contribution in [1.29, 1.82) is 0 Å². The molecule has 0 unspecified atom stereocenters. The van der Waals surface area contributed by atoms with Gasteiger partial charge in [-0.05, 0) is 37.0 Å². The summed E-state index contributed by atoms with van der Waals surface area (Å²) in [5.41, 5.74) is 1.68. The number of anilines is 2. The lowest BCUT2D eigenvalue weighted by molar-refractivity contribution is 0.0696. The van der Waals surface area contributed by atoms with Gasteiger partial charge in [-0.25, -0.2) is 4.98 Å². The lowest BCUT2D eigenvalue weighted by atomic mass is 9.99. The third-order valence-electron chi connectivity index (χ3n) is 5.89. The van der Waals surface area contributed by atoms with Crippen LogP contribution in [0.15, 0.2) is 42.6 Å². The largest absolute Gasteiger partial charge is 0.352 e. The Morgan fingerprint density at radius 3 is 2.43 bits per heavy atom. The van der Waals surface area contributed by atoms with Crippen LogP contribution in [0.5, 0.6) is 0 Å². The number of piperazine rings is 1. The maximum Gasteiger partial charge on any atom is 0.255 e. The molecule has 1 aromatic heterocycles. The molecule has 30 heavy (non-hydrogen) atoms. The minimum Gasteiger partial charge on any atom is -0.352 e. The Bertz CT molecular complexity index is 888. The summed E-state index contributed by atoms with van der Waals surface area (Å²) in [5, 5.41) is 6.32. The normalized spacial score (nSPS) is 17.6. The van der Waals surface area contributed by atoms with Gasteiger partial charge < -0.3 is 20.4 Å². The predicted molar refractivity (Wildman–Crippen MR) is 118 cm³/mol. The van der Waals surface area contributed by atoms with Crippen molar-refractivity contribution in [2.45, 2.75) is 19.8 Å². The second kappa shape index (κ2) is 9.26. The molecule has 2 saturated heterocycles. The first-order valence-corrected chi connectivity index (χ1v) is 10.7. The molecule has 4 rings (SSSR count). The van der Waals surface area contributed by atoms with Crippen LogP contribution >= 0.6 is 0 Å². The highest BCUT2D eigenvalue weighted by Gasteiger charge is 2.24. The number of carbonyl (C=O) groups is 2. The molecule has 7 heteroatoms. The molecule has 0 spiro atoms. The van der Waals surface area contributed by atoms with Gasteiger partial charge in [-0.1, -0.05) is 25.1 Å². The molecular formula is C23H29N5O2. The zero-order chi connectivity index (χ0) is 20.9. The number of rotatable bonds is 4. The zero-order valence-electron chi connectivity index (χ0n) is 17.4. The Labute approximate surface area is 177 Å². The molecule has 0 bridgehead atoms. The summed E-state index contributed by atoms with van der Waals surface area (Å²) in [6.45, 7) is 7.09. The molecule has 7 nitrogen and oxygen atoms in total. The van der Waals surface area contributed by atoms with Crippen LogP contribution in [0.25, 0.3) is 0 Å². The van der Waals surface area contributed by atoms with E-state index in [1.807, 2.05) is 23.1 Å². The number of pyridine rings is 1. The topological polar surface area (TPSA) is 77.6 Å². The number of aromatic nitrogens is 1. The number of carbonyl (C=O) groups excluding carboxylic acids is 2. The summed E-state index contributed by atoms with van der Waals surface area (Å²) in [5.74, 6) is 1.15. The maximum atomic E-state index is 13.1. The van der Waals surface area contributed by atoms with Crippen LogP contribution in [0, 0.1) is 5.92 Å². The first kappa shape index (κ1) is 20.3. The minimum atomic E-state index is -0.204. The van der Waals surface area contributed by atoms with Gasteiger partial charge in [0, 0.05) is 51.0 Å². The minimum absolute atomic E-state index is 0.0172. The molecule has 2 fully saturated rings. The van der Waals surface area contributed by atoms with Gasteiger partial charge in [-0.3, -0.25) is 9.59 Å². The summed E-state index contributed by atoms with van der Waals surface area (Å²) in [7, 11) is 0. The fraction of sp³-hybridized carbons (Fsp3) is 0.435. The van der Waals surface area contributed by atoms with Gasteiger partial charge in [-0.2, -0.15) is 0 Å². The number of nitrogens with zero attached hydrogens (tertiary/aromatic N) is 3. The Hall–Kier alpha value is -2.93. The van der Waals surface area contributed by atoms with E-state index in [0.29, 0.717) is 28.6 Å². The SMILES string of the molecule is CC1CCN(C(=O)c2cnc(N3CCNCC3)c(NC(=O)c3ccccc3)c2)CC1. The van der Waals surface area contributed by atoms with Gasteiger partial charge in [0.25, 0.3) is 11.8 Å². The first-order valence-electron chi connectivity index (χ1n) is 10.7. The molecule has 0 atom stereocenters. The number of benzene rings is 1. The number of hydrogen-bond donors (Lipinski definition) is 2. The Morgan fingerprint density at radius 1 is 1.03 bits per heavy atom. The summed E-state index contributed by atoms with van der Waals surface area (Å²) in [6, 6.07) is 10.9. The van der Waals surface area contributed by atoms with Crippen LogP contribution in [-0.4, -0.2) is 61.0 Å². The van der Waals surface area contributed by atoms with Crippen molar-refractivity contribution >= 4 is 23.3 Å². The summed E-state index contributed by atoms with van der Waals surface area (Å²) in [6.07, 6.45) is 3.70. The third-order valence-corrected chi connectivity index (χ3v) is 5.89. The molecule has 1 aromatic carbocycles. The molecule has 2 amide bonds. The van der Waals surface area contributed by atoms with E-state index >= 15 is 0 Å². The van der Waals surface area contributed by atoms with Crippen LogP contribution < -0.4 is 15.5 Å². The van der Waals surface area contributed by atoms with Crippen molar-refractivity contribution in [3.63, 3.8) is 0 Å². The monoisotopic (exact) mass is 407 g/mol. The Balaban J connectivity index is 1.60. The molecular weight excluding hydrogens is 378 g/mol. The predicted octanol–water partition coefficient (Wildman–Crippen LogP) is 2.62. The molecule has 0 saturated carbocycles. The molecule has 0 aliphatic carbocycles. The van der Waals surface area contributed by atoms with Crippen molar-refractivity contribution in [1.82, 2.24) is 15.2 Å². The third kappa shape index (κ3) is 4.62. The first-order chi connectivity index (χ1) is 14.6. The maximum absolute atomic E-state index is 13.1. The number of likely N-dealkylation sites (tertiary alicyclic amines) is 1. The van der Waals surface area contributed by atoms with Crippen LogP contribution in [0.2, 0.25) is 0 Å². The standard InChI is InChI=1S/C23H29N5O2/c1-17-7-11-28(12-8-17)23(30)19-15-20(26-22(29)18-5-3-2-4-6-18)21(25-16-19)27-13-9-24-10-14-27/h2-6,15-17,24H,7-14H2,1H3,(H,26,29). The number of piperidine rings is 1. The molecule has 2 aliphatic heterocycles. The smallest absolute Gasteiger partial charge is 0.255 e. The van der Waals surface area contributed by atoms with Crippen LogP contribution in [-0.2, 0) is 0 Å². The van der Waals surface area contributed by atoms with E-state index in [4.69, 9.17) is 0 Å². The summed E-state index contributed by atoms with van der Waals surface area (Å²) in [4.78, 5) is 34.5. The molecule has 2 aliphatic rings. The highest BCUT2D eigenvalue weighted by molar-refractivity contribution is 6.06. The van der Waals surface area contributed by atoms with E-state index in [9.17, 15) is 9.59 Å². The van der Waals surface area contributed by atoms with E-state index in [1.54, 1.807) is 24.4 Å². The number of hydrogen-bond acceptors (Lipinski definition) is 5. The average molecular weight is 408 g/mol. The van der Waals surface area contributed by atoms with E-state index in [1.165, 1.54) is 0 Å². The van der Waals surface area contributed by atoms with E-state index in [2.05, 4.69) is 27.4 Å². The number of nitrogens with one attached hydrogen (secondary N) is 2. The van der Waals surface area contributed by atoms with Crippen molar-refractivity contribution in [3.8, 4) is 0 Å². The van der Waals surface area contributed by atoms with Gasteiger partial charge >= 0.3 is 0 Å². The second-order valence-electron chi connectivity index (χ2n) is 8.13. The zero-order valence-corrected chi connectivity index (χ0v) is 17.4. The van der Waals surface area contributed by atoms with Crippen LogP contribution in [0.4, 0.5) is 11.5 Å². The van der Waals surface area contributed by atoms with Crippen molar-refractivity contribution < 1.29 is 9.59 Å². The fourth-order valence-corrected chi connectivity index (χ4v) is 3.97. The van der Waals surface area contributed by atoms with Gasteiger partial charge in [0.1, 0.15) is 0 Å². The van der Waals surface area contributed by atoms with Gasteiger partial charge in [0.15, 0.2) is 5.82 Å². The highest BCUT2D eigenvalue weighted by Crippen LogP contribution is 2.27. The molecule has 2 aromatic rings. The Morgan fingerprint density at radius 2 is 1.73 bits per heavy atom. The van der Waals surface area contributed by atoms with Crippen LogP contribution in [0.1, 0.15) is 40.5 Å². The number of amides is 2. The lowest BCUT2D eigenvalue weighted by Gasteiger charge is -2.32. The van der Waals surface area contributed by atoms with Crippen molar-refractivity contribution in [2.24, 2.45) is 5.92 Å². The van der Waals surface area contributed by atoms with E-state index in [-0.39, 0.29) is 11.8 Å². The average Bonchev–Trinajstić information content (AvgIpc) is 2.80. The summed E-state index contributed by atoms with van der Waals surface area (Å²) < 4.78 is 0. The van der Waals surface area contributed by atoms with Gasteiger partial charge in [0.05, 0.1) is 11.3 Å². The van der Waals surface area contributed by atoms with Crippen molar-refractivity contribution in [3.05, 3.63) is 53.7 Å². The van der Waals surface area contributed by atoms with E-state index < -0.39 is 0 Å². The molecule has 0 radical (unpaired) electrons.